The first kappa shape index (κ1) is 16.5. The van der Waals surface area contributed by atoms with E-state index >= 15 is 0 Å². The van der Waals surface area contributed by atoms with E-state index in [0.717, 1.165) is 25.2 Å². The summed E-state index contributed by atoms with van der Waals surface area (Å²) < 4.78 is 16.2. The van der Waals surface area contributed by atoms with Crippen LogP contribution in [-0.2, 0) is 11.3 Å². The standard InChI is InChI=1S/C18H23N3O4/c22-15(16-6-3-8-24-16)10-14-12-23-9-7-21(14)11-17-19-18(20-25-17)13-4-1-2-5-13/h3,6,8,13-14H,1-2,4-5,7,9-12H2/t14-/m0/s1. The number of ketones is 1. The monoisotopic (exact) mass is 345 g/mol. The van der Waals surface area contributed by atoms with E-state index in [9.17, 15) is 4.79 Å². The Balaban J connectivity index is 1.40. The summed E-state index contributed by atoms with van der Waals surface area (Å²) in [6.45, 7) is 2.47. The maximum atomic E-state index is 12.3. The summed E-state index contributed by atoms with van der Waals surface area (Å²) in [5.41, 5.74) is 0. The minimum Gasteiger partial charge on any atom is -0.461 e. The molecule has 1 aliphatic heterocycles. The van der Waals surface area contributed by atoms with Gasteiger partial charge >= 0.3 is 0 Å². The molecule has 2 fully saturated rings. The van der Waals surface area contributed by atoms with Crippen LogP contribution in [0.2, 0.25) is 0 Å². The summed E-state index contributed by atoms with van der Waals surface area (Å²) in [5.74, 6) is 2.29. The summed E-state index contributed by atoms with van der Waals surface area (Å²) in [5, 5.41) is 4.16. The van der Waals surface area contributed by atoms with E-state index in [4.69, 9.17) is 13.7 Å². The lowest BCUT2D eigenvalue weighted by atomic mass is 10.1. The normalized spacial score (nSPS) is 22.5. The fraction of sp³-hybridized carbons (Fsp3) is 0.611. The molecule has 0 amide bonds. The molecular formula is C18H23N3O4. The predicted octanol–water partition coefficient (Wildman–Crippen LogP) is 2.79. The highest BCUT2D eigenvalue weighted by Crippen LogP contribution is 2.32. The third kappa shape index (κ3) is 3.82. The van der Waals surface area contributed by atoms with Gasteiger partial charge in [0, 0.05) is 24.9 Å². The van der Waals surface area contributed by atoms with Crippen molar-refractivity contribution in [2.24, 2.45) is 0 Å². The molecule has 2 aliphatic rings. The van der Waals surface area contributed by atoms with Crippen LogP contribution in [0.1, 0.15) is 60.3 Å². The first-order chi connectivity index (χ1) is 12.3. The minimum absolute atomic E-state index is 0.00631. The Labute approximate surface area is 146 Å². The largest absolute Gasteiger partial charge is 0.461 e. The van der Waals surface area contributed by atoms with E-state index in [1.54, 1.807) is 12.1 Å². The number of morpholine rings is 1. The smallest absolute Gasteiger partial charge is 0.240 e. The molecule has 0 bridgehead atoms. The van der Waals surface area contributed by atoms with E-state index in [1.165, 1.54) is 19.1 Å². The molecule has 2 aromatic heterocycles. The van der Waals surface area contributed by atoms with Crippen molar-refractivity contribution in [2.75, 3.05) is 19.8 Å². The molecule has 1 saturated carbocycles. The van der Waals surface area contributed by atoms with Gasteiger partial charge in [-0.05, 0) is 25.0 Å². The molecule has 0 radical (unpaired) electrons. The van der Waals surface area contributed by atoms with Gasteiger partial charge in [0.2, 0.25) is 5.89 Å². The second-order valence-corrected chi connectivity index (χ2v) is 6.83. The summed E-state index contributed by atoms with van der Waals surface area (Å²) in [7, 11) is 0. The third-order valence-electron chi connectivity index (χ3n) is 5.11. The van der Waals surface area contributed by atoms with Crippen LogP contribution in [0.3, 0.4) is 0 Å². The third-order valence-corrected chi connectivity index (χ3v) is 5.11. The zero-order valence-electron chi connectivity index (χ0n) is 14.2. The zero-order chi connectivity index (χ0) is 17.1. The molecule has 1 saturated heterocycles. The Morgan fingerprint density at radius 3 is 3.00 bits per heavy atom. The first-order valence-electron chi connectivity index (χ1n) is 9.00. The van der Waals surface area contributed by atoms with Crippen LogP contribution in [0.25, 0.3) is 0 Å². The Morgan fingerprint density at radius 1 is 1.32 bits per heavy atom. The van der Waals surface area contributed by atoms with Gasteiger partial charge < -0.3 is 13.7 Å². The SMILES string of the molecule is O=C(C[C@H]1COCCN1Cc1nc(C2CCCC2)no1)c1ccco1. The van der Waals surface area contributed by atoms with Crippen LogP contribution in [0.5, 0.6) is 0 Å². The number of Topliss-reactive ketones (excluding diaryl/α,β-unsaturated/α-hetero) is 1. The molecule has 4 rings (SSSR count). The molecule has 3 heterocycles. The van der Waals surface area contributed by atoms with Crippen molar-refractivity contribution in [1.82, 2.24) is 15.0 Å². The van der Waals surface area contributed by atoms with Gasteiger partial charge in [0.05, 0.1) is 26.0 Å². The number of carbonyl (C=O) groups excluding carboxylic acids is 1. The summed E-state index contributed by atoms with van der Waals surface area (Å²) >= 11 is 0. The van der Waals surface area contributed by atoms with Gasteiger partial charge in [0.25, 0.3) is 0 Å². The molecule has 0 unspecified atom stereocenters. The molecule has 7 nitrogen and oxygen atoms in total. The molecule has 0 N–H and O–H groups in total. The predicted molar refractivity (Wildman–Crippen MR) is 88.2 cm³/mol. The molecule has 1 atom stereocenters. The topological polar surface area (TPSA) is 81.6 Å². The van der Waals surface area contributed by atoms with Crippen LogP contribution in [0, 0.1) is 0 Å². The van der Waals surface area contributed by atoms with Crippen molar-refractivity contribution in [1.29, 1.82) is 0 Å². The number of furan rings is 1. The number of hydrogen-bond acceptors (Lipinski definition) is 7. The average molecular weight is 345 g/mol. The maximum absolute atomic E-state index is 12.3. The maximum Gasteiger partial charge on any atom is 0.240 e. The highest BCUT2D eigenvalue weighted by Gasteiger charge is 2.29. The molecule has 134 valence electrons. The lowest BCUT2D eigenvalue weighted by Gasteiger charge is -2.34. The molecule has 7 heteroatoms. The van der Waals surface area contributed by atoms with Crippen LogP contribution in [0.15, 0.2) is 27.3 Å². The van der Waals surface area contributed by atoms with Gasteiger partial charge in [0.1, 0.15) is 0 Å². The number of rotatable bonds is 6. The molecule has 0 spiro atoms. The van der Waals surface area contributed by atoms with E-state index in [0.29, 0.717) is 43.7 Å². The lowest BCUT2D eigenvalue weighted by molar-refractivity contribution is -0.0167. The van der Waals surface area contributed by atoms with Crippen molar-refractivity contribution in [3.63, 3.8) is 0 Å². The highest BCUT2D eigenvalue weighted by atomic mass is 16.5. The second-order valence-electron chi connectivity index (χ2n) is 6.83. The summed E-state index contributed by atoms with van der Waals surface area (Å²) in [4.78, 5) is 19.1. The Hall–Kier alpha value is -1.99. The Bertz CT molecular complexity index is 691. The van der Waals surface area contributed by atoms with Gasteiger partial charge in [-0.25, -0.2) is 0 Å². The average Bonchev–Trinajstić information content (AvgIpc) is 3.38. The van der Waals surface area contributed by atoms with E-state index in [-0.39, 0.29) is 11.8 Å². The Morgan fingerprint density at radius 2 is 2.20 bits per heavy atom. The summed E-state index contributed by atoms with van der Waals surface area (Å²) in [6, 6.07) is 3.42. The number of carbonyl (C=O) groups is 1. The van der Waals surface area contributed by atoms with Gasteiger partial charge in [-0.15, -0.1) is 0 Å². The van der Waals surface area contributed by atoms with Crippen LogP contribution >= 0.6 is 0 Å². The summed E-state index contributed by atoms with van der Waals surface area (Å²) in [6.07, 6.45) is 6.67. The fourth-order valence-corrected chi connectivity index (χ4v) is 3.69. The first-order valence-corrected chi connectivity index (χ1v) is 9.00. The van der Waals surface area contributed by atoms with Gasteiger partial charge in [-0.2, -0.15) is 4.98 Å². The fourth-order valence-electron chi connectivity index (χ4n) is 3.69. The van der Waals surface area contributed by atoms with E-state index in [2.05, 4.69) is 15.0 Å². The number of aromatic nitrogens is 2. The van der Waals surface area contributed by atoms with E-state index in [1.807, 2.05) is 0 Å². The van der Waals surface area contributed by atoms with E-state index < -0.39 is 0 Å². The van der Waals surface area contributed by atoms with Crippen LogP contribution < -0.4 is 0 Å². The van der Waals surface area contributed by atoms with Crippen molar-refractivity contribution < 1.29 is 18.5 Å². The van der Waals surface area contributed by atoms with Gasteiger partial charge in [-0.3, -0.25) is 9.69 Å². The number of hydrogen-bond donors (Lipinski definition) is 0. The van der Waals surface area contributed by atoms with Crippen LogP contribution in [0.4, 0.5) is 0 Å². The second kappa shape index (κ2) is 7.49. The molecule has 0 aromatic carbocycles. The van der Waals surface area contributed by atoms with Crippen molar-refractivity contribution in [3.05, 3.63) is 35.9 Å². The Kier molecular flexibility index (Phi) is 4.94. The molecule has 2 aromatic rings. The molecular weight excluding hydrogens is 322 g/mol. The number of nitrogens with zero attached hydrogens (tertiary/aromatic N) is 3. The minimum atomic E-state index is -0.0114. The lowest BCUT2D eigenvalue weighted by Crippen LogP contribution is -2.45. The zero-order valence-corrected chi connectivity index (χ0v) is 14.2. The molecule has 1 aliphatic carbocycles. The van der Waals surface area contributed by atoms with Gasteiger partial charge in [-0.1, -0.05) is 18.0 Å². The van der Waals surface area contributed by atoms with Crippen LogP contribution in [-0.4, -0.2) is 46.6 Å². The highest BCUT2D eigenvalue weighted by molar-refractivity contribution is 5.93. The number of ether oxygens (including phenoxy) is 1. The molecule has 25 heavy (non-hydrogen) atoms. The van der Waals surface area contributed by atoms with Crippen molar-refractivity contribution >= 4 is 5.78 Å². The van der Waals surface area contributed by atoms with Crippen molar-refractivity contribution in [3.8, 4) is 0 Å². The van der Waals surface area contributed by atoms with Crippen molar-refractivity contribution in [2.45, 2.75) is 50.6 Å². The van der Waals surface area contributed by atoms with Gasteiger partial charge in [0.15, 0.2) is 17.4 Å². The quantitative estimate of drug-likeness (QED) is 0.745.